The molecule has 3 aromatic rings. The highest BCUT2D eigenvalue weighted by molar-refractivity contribution is 5.56. The van der Waals surface area contributed by atoms with Crippen molar-refractivity contribution in [3.8, 4) is 11.4 Å². The Morgan fingerprint density at radius 3 is 2.41 bits per heavy atom. The van der Waals surface area contributed by atoms with E-state index in [1.54, 1.807) is 6.20 Å². The molecule has 1 aliphatic heterocycles. The summed E-state index contributed by atoms with van der Waals surface area (Å²) in [7, 11) is 2.03. The zero-order valence-electron chi connectivity index (χ0n) is 16.6. The highest BCUT2D eigenvalue weighted by Crippen LogP contribution is 2.30. The molecule has 8 heteroatoms. The average molecular weight is 401 g/mol. The summed E-state index contributed by atoms with van der Waals surface area (Å²) in [6.07, 6.45) is -1.78. The van der Waals surface area contributed by atoms with Crippen LogP contribution in [0.4, 0.5) is 13.2 Å². The number of imidazole rings is 1. The number of rotatable bonds is 3. The average Bonchev–Trinajstić information content (AvgIpc) is 2.93. The van der Waals surface area contributed by atoms with Gasteiger partial charge in [-0.1, -0.05) is 12.1 Å². The summed E-state index contributed by atoms with van der Waals surface area (Å²) < 4.78 is 40.4. The molecule has 5 nitrogen and oxygen atoms in total. The van der Waals surface area contributed by atoms with Crippen LogP contribution in [0.25, 0.3) is 11.4 Å². The van der Waals surface area contributed by atoms with E-state index in [-0.39, 0.29) is 0 Å². The number of nitrogens with zero attached hydrogens (tertiary/aromatic N) is 5. The molecule has 29 heavy (non-hydrogen) atoms. The van der Waals surface area contributed by atoms with Gasteiger partial charge in [-0.05, 0) is 26.0 Å². The maximum atomic E-state index is 12.7. The molecule has 0 spiro atoms. The lowest BCUT2D eigenvalue weighted by Gasteiger charge is -2.27. The SMILES string of the molecule is Cc1nc(CN2CCc3nc(-c4ccc(C(F)(F)F)cc4)ncc3C2)n(C)c1C. The van der Waals surface area contributed by atoms with E-state index in [9.17, 15) is 13.2 Å². The molecule has 152 valence electrons. The van der Waals surface area contributed by atoms with Gasteiger partial charge in [-0.2, -0.15) is 13.2 Å². The first-order valence-corrected chi connectivity index (χ1v) is 9.46. The van der Waals surface area contributed by atoms with Gasteiger partial charge in [0.25, 0.3) is 0 Å². The highest BCUT2D eigenvalue weighted by atomic mass is 19.4. The van der Waals surface area contributed by atoms with Crippen molar-refractivity contribution in [2.75, 3.05) is 6.54 Å². The summed E-state index contributed by atoms with van der Waals surface area (Å²) in [5, 5.41) is 0. The molecule has 0 N–H and O–H groups in total. The zero-order chi connectivity index (χ0) is 20.8. The first-order valence-electron chi connectivity index (χ1n) is 9.46. The predicted molar refractivity (Wildman–Crippen MR) is 103 cm³/mol. The molecule has 0 saturated carbocycles. The molecule has 4 rings (SSSR count). The minimum absolute atomic E-state index is 0.460. The molecular formula is C21H22F3N5. The fourth-order valence-electron chi connectivity index (χ4n) is 3.58. The van der Waals surface area contributed by atoms with E-state index in [0.717, 1.165) is 61.0 Å². The van der Waals surface area contributed by atoms with E-state index in [2.05, 4.69) is 31.3 Å². The van der Waals surface area contributed by atoms with Crippen LogP contribution in [0.15, 0.2) is 30.5 Å². The van der Waals surface area contributed by atoms with Crippen molar-refractivity contribution in [1.29, 1.82) is 0 Å². The van der Waals surface area contributed by atoms with Crippen LogP contribution in [-0.2, 0) is 32.7 Å². The Morgan fingerprint density at radius 2 is 1.79 bits per heavy atom. The molecule has 0 radical (unpaired) electrons. The smallest absolute Gasteiger partial charge is 0.334 e. The van der Waals surface area contributed by atoms with Crippen LogP contribution >= 0.6 is 0 Å². The minimum Gasteiger partial charge on any atom is -0.334 e. The van der Waals surface area contributed by atoms with Crippen molar-refractivity contribution in [2.24, 2.45) is 7.05 Å². The van der Waals surface area contributed by atoms with Gasteiger partial charge >= 0.3 is 6.18 Å². The number of aromatic nitrogens is 4. The van der Waals surface area contributed by atoms with E-state index in [1.807, 2.05) is 14.0 Å². The van der Waals surface area contributed by atoms with Crippen molar-refractivity contribution >= 4 is 0 Å². The molecule has 0 unspecified atom stereocenters. The normalized spacial score (nSPS) is 14.8. The number of hydrogen-bond donors (Lipinski definition) is 0. The standard InChI is InChI=1S/C21H22F3N5/c1-13-14(2)28(3)19(26-13)12-29-9-8-18-16(11-29)10-25-20(27-18)15-4-6-17(7-5-15)21(22,23)24/h4-7,10H,8-9,11-12H2,1-3H3. The lowest BCUT2D eigenvalue weighted by atomic mass is 10.1. The van der Waals surface area contributed by atoms with Crippen LogP contribution in [0.1, 0.15) is 34.0 Å². The summed E-state index contributed by atoms with van der Waals surface area (Å²) in [4.78, 5) is 16.0. The third kappa shape index (κ3) is 3.89. The topological polar surface area (TPSA) is 46.8 Å². The lowest BCUT2D eigenvalue weighted by Crippen LogP contribution is -2.31. The molecule has 2 aromatic heterocycles. The highest BCUT2D eigenvalue weighted by Gasteiger charge is 2.30. The lowest BCUT2D eigenvalue weighted by molar-refractivity contribution is -0.137. The van der Waals surface area contributed by atoms with Gasteiger partial charge in [-0.15, -0.1) is 0 Å². The quantitative estimate of drug-likeness (QED) is 0.664. The van der Waals surface area contributed by atoms with Gasteiger partial charge in [0.2, 0.25) is 0 Å². The Bertz CT molecular complexity index is 1040. The van der Waals surface area contributed by atoms with Crippen molar-refractivity contribution in [2.45, 2.75) is 39.5 Å². The molecule has 1 aliphatic rings. The molecular weight excluding hydrogens is 379 g/mol. The third-order valence-electron chi connectivity index (χ3n) is 5.56. The maximum absolute atomic E-state index is 12.7. The van der Waals surface area contributed by atoms with Crippen LogP contribution < -0.4 is 0 Å². The van der Waals surface area contributed by atoms with Crippen LogP contribution in [0.3, 0.4) is 0 Å². The summed E-state index contributed by atoms with van der Waals surface area (Å²) in [5.74, 6) is 1.49. The van der Waals surface area contributed by atoms with Crippen LogP contribution in [0, 0.1) is 13.8 Å². The number of aryl methyl sites for hydroxylation is 1. The first-order chi connectivity index (χ1) is 13.7. The van der Waals surface area contributed by atoms with Gasteiger partial charge in [-0.3, -0.25) is 4.90 Å². The molecule has 0 bridgehead atoms. The number of fused-ring (bicyclic) bond motifs is 1. The number of benzene rings is 1. The summed E-state index contributed by atoms with van der Waals surface area (Å²) in [6.45, 7) is 6.41. The molecule has 0 atom stereocenters. The second-order valence-electron chi connectivity index (χ2n) is 7.46. The molecule has 3 heterocycles. The van der Waals surface area contributed by atoms with Gasteiger partial charge < -0.3 is 4.57 Å². The van der Waals surface area contributed by atoms with Crippen LogP contribution in [0.2, 0.25) is 0 Å². The van der Waals surface area contributed by atoms with Crippen molar-refractivity contribution in [3.05, 3.63) is 64.5 Å². The summed E-state index contributed by atoms with van der Waals surface area (Å²) >= 11 is 0. The Hall–Kier alpha value is -2.74. The van der Waals surface area contributed by atoms with E-state index in [1.165, 1.54) is 17.8 Å². The maximum Gasteiger partial charge on any atom is 0.416 e. The Morgan fingerprint density at radius 1 is 1.07 bits per heavy atom. The zero-order valence-corrected chi connectivity index (χ0v) is 16.6. The van der Waals surface area contributed by atoms with Gasteiger partial charge in [-0.25, -0.2) is 15.0 Å². The van der Waals surface area contributed by atoms with Crippen molar-refractivity contribution in [1.82, 2.24) is 24.4 Å². The van der Waals surface area contributed by atoms with Gasteiger partial charge in [0.1, 0.15) is 5.82 Å². The molecule has 0 fully saturated rings. The summed E-state index contributed by atoms with van der Waals surface area (Å²) in [6, 6.07) is 4.98. The van der Waals surface area contributed by atoms with Crippen molar-refractivity contribution in [3.63, 3.8) is 0 Å². The fourth-order valence-corrected chi connectivity index (χ4v) is 3.58. The minimum atomic E-state index is -4.34. The second-order valence-corrected chi connectivity index (χ2v) is 7.46. The molecule has 0 aliphatic carbocycles. The van der Waals surface area contributed by atoms with Crippen molar-refractivity contribution < 1.29 is 13.2 Å². The molecule has 0 amide bonds. The van der Waals surface area contributed by atoms with E-state index in [4.69, 9.17) is 0 Å². The second kappa shape index (κ2) is 7.26. The monoisotopic (exact) mass is 401 g/mol. The molecule has 0 saturated heterocycles. The first kappa shape index (κ1) is 19.6. The largest absolute Gasteiger partial charge is 0.416 e. The third-order valence-corrected chi connectivity index (χ3v) is 5.56. The number of alkyl halides is 3. The van der Waals surface area contributed by atoms with Gasteiger partial charge in [0.15, 0.2) is 5.82 Å². The predicted octanol–water partition coefficient (Wildman–Crippen LogP) is 4.07. The Kier molecular flexibility index (Phi) is 4.90. The fraction of sp³-hybridized carbons (Fsp3) is 0.381. The van der Waals surface area contributed by atoms with Crippen LogP contribution in [0.5, 0.6) is 0 Å². The van der Waals surface area contributed by atoms with Gasteiger partial charge in [0, 0.05) is 49.6 Å². The van der Waals surface area contributed by atoms with Gasteiger partial charge in [0.05, 0.1) is 23.5 Å². The Balaban J connectivity index is 1.50. The number of hydrogen-bond acceptors (Lipinski definition) is 4. The molecule has 1 aromatic carbocycles. The number of halogens is 3. The Labute approximate surface area is 167 Å². The summed E-state index contributed by atoms with van der Waals surface area (Å²) in [5.41, 5.74) is 4.14. The van der Waals surface area contributed by atoms with E-state index in [0.29, 0.717) is 11.4 Å². The van der Waals surface area contributed by atoms with Crippen LogP contribution in [-0.4, -0.2) is 31.0 Å². The van der Waals surface area contributed by atoms with E-state index < -0.39 is 11.7 Å². The van der Waals surface area contributed by atoms with E-state index >= 15 is 0 Å².